The lowest BCUT2D eigenvalue weighted by atomic mass is 9.77. The predicted molar refractivity (Wildman–Crippen MR) is 111 cm³/mol. The van der Waals surface area contributed by atoms with E-state index in [0.29, 0.717) is 12.0 Å². The Morgan fingerprint density at radius 1 is 0.889 bits per heavy atom. The fourth-order valence-corrected chi connectivity index (χ4v) is 4.94. The lowest BCUT2D eigenvalue weighted by Crippen LogP contribution is -2.53. The maximum Gasteiger partial charge on any atom is 0.127 e. The van der Waals surface area contributed by atoms with Crippen molar-refractivity contribution in [3.63, 3.8) is 0 Å². The van der Waals surface area contributed by atoms with Gasteiger partial charge >= 0.3 is 0 Å². The summed E-state index contributed by atoms with van der Waals surface area (Å²) in [5, 5.41) is 13.4. The van der Waals surface area contributed by atoms with Crippen LogP contribution in [0.4, 0.5) is 5.69 Å². The molecular weight excluding hydrogens is 330 g/mol. The Hall–Kier alpha value is -2.31. The Balaban J connectivity index is 1.45. The highest BCUT2D eigenvalue weighted by Gasteiger charge is 2.39. The van der Waals surface area contributed by atoms with Gasteiger partial charge in [-0.2, -0.15) is 5.26 Å². The quantitative estimate of drug-likeness (QED) is 0.817. The summed E-state index contributed by atoms with van der Waals surface area (Å²) in [7, 11) is 0. The molecule has 2 aromatic carbocycles. The summed E-state index contributed by atoms with van der Waals surface area (Å²) < 4.78 is 0. The summed E-state index contributed by atoms with van der Waals surface area (Å²) >= 11 is 0. The molecule has 4 rings (SSSR count). The van der Waals surface area contributed by atoms with Crippen molar-refractivity contribution in [3.05, 3.63) is 66.2 Å². The number of anilines is 1. The van der Waals surface area contributed by atoms with Gasteiger partial charge in [-0.3, -0.25) is 4.90 Å². The Kier molecular flexibility index (Phi) is 5.45. The molecule has 0 radical (unpaired) electrons. The first-order valence-corrected chi connectivity index (χ1v) is 10.3. The summed E-state index contributed by atoms with van der Waals surface area (Å²) in [4.78, 5) is 2.67. The zero-order chi connectivity index (χ0) is 18.5. The standard InChI is InChI=1S/C24H29N3/c25-19-24(26-21-11-5-2-6-12-21)15-17-27(18-16-24)23-14-8-7-13-22(23)20-9-3-1-4-10-20/h1-6,9-12,22-23,26H,7-8,13-18H2. The summed E-state index contributed by atoms with van der Waals surface area (Å²) in [5.74, 6) is 0.636. The van der Waals surface area contributed by atoms with Crippen LogP contribution in [0.2, 0.25) is 0 Å². The summed E-state index contributed by atoms with van der Waals surface area (Å²) in [6.07, 6.45) is 7.01. The second-order valence-corrected chi connectivity index (χ2v) is 8.09. The predicted octanol–water partition coefficient (Wildman–Crippen LogP) is 5.18. The van der Waals surface area contributed by atoms with Crippen LogP contribution in [0.1, 0.15) is 50.0 Å². The first kappa shape index (κ1) is 18.1. The molecule has 3 heteroatoms. The van der Waals surface area contributed by atoms with E-state index >= 15 is 0 Å². The van der Waals surface area contributed by atoms with Crippen LogP contribution >= 0.6 is 0 Å². The van der Waals surface area contributed by atoms with Crippen molar-refractivity contribution in [2.24, 2.45) is 0 Å². The lowest BCUT2D eigenvalue weighted by molar-refractivity contribution is 0.0985. The van der Waals surface area contributed by atoms with E-state index in [1.54, 1.807) is 0 Å². The van der Waals surface area contributed by atoms with E-state index in [4.69, 9.17) is 0 Å². The van der Waals surface area contributed by atoms with Gasteiger partial charge in [0.1, 0.15) is 5.54 Å². The SMILES string of the molecule is N#CC1(Nc2ccccc2)CCN(C2CCCCC2c2ccccc2)CC1. The van der Waals surface area contributed by atoms with Gasteiger partial charge in [-0.25, -0.2) is 0 Å². The average molecular weight is 360 g/mol. The molecule has 0 aromatic heterocycles. The number of nitrogens with one attached hydrogen (secondary N) is 1. The third-order valence-corrected chi connectivity index (χ3v) is 6.45. The molecular formula is C24H29N3. The number of nitriles is 1. The molecule has 2 unspecified atom stereocenters. The largest absolute Gasteiger partial charge is 0.367 e. The van der Waals surface area contributed by atoms with Crippen LogP contribution in [-0.2, 0) is 0 Å². The number of likely N-dealkylation sites (tertiary alicyclic amines) is 1. The van der Waals surface area contributed by atoms with Crippen LogP contribution in [0.5, 0.6) is 0 Å². The number of benzene rings is 2. The highest BCUT2D eigenvalue weighted by Crippen LogP contribution is 2.38. The highest BCUT2D eigenvalue weighted by atomic mass is 15.2. The molecule has 3 nitrogen and oxygen atoms in total. The number of rotatable bonds is 4. The molecule has 1 aliphatic carbocycles. The van der Waals surface area contributed by atoms with Gasteiger partial charge in [-0.15, -0.1) is 0 Å². The average Bonchev–Trinajstić information content (AvgIpc) is 2.76. The van der Waals surface area contributed by atoms with Crippen molar-refractivity contribution in [2.75, 3.05) is 18.4 Å². The minimum Gasteiger partial charge on any atom is -0.367 e. The highest BCUT2D eigenvalue weighted by molar-refractivity contribution is 5.47. The van der Waals surface area contributed by atoms with Crippen LogP contribution in [0.15, 0.2) is 60.7 Å². The molecule has 2 fully saturated rings. The monoisotopic (exact) mass is 359 g/mol. The zero-order valence-corrected chi connectivity index (χ0v) is 16.0. The number of hydrogen-bond acceptors (Lipinski definition) is 3. The van der Waals surface area contributed by atoms with Gasteiger partial charge in [-0.1, -0.05) is 61.4 Å². The van der Waals surface area contributed by atoms with Crippen molar-refractivity contribution in [2.45, 2.75) is 56.0 Å². The Labute approximate surface area is 163 Å². The Morgan fingerprint density at radius 2 is 1.52 bits per heavy atom. The van der Waals surface area contributed by atoms with Crippen LogP contribution < -0.4 is 5.32 Å². The first-order chi connectivity index (χ1) is 13.3. The maximum absolute atomic E-state index is 9.90. The summed E-state index contributed by atoms with van der Waals surface area (Å²) in [6, 6.07) is 24.4. The van der Waals surface area contributed by atoms with Gasteiger partial charge in [0.15, 0.2) is 0 Å². The Morgan fingerprint density at radius 3 is 2.19 bits per heavy atom. The van der Waals surface area contributed by atoms with E-state index in [1.165, 1.54) is 31.2 Å². The number of nitrogens with zero attached hydrogens (tertiary/aromatic N) is 2. The van der Waals surface area contributed by atoms with Crippen LogP contribution in [0.3, 0.4) is 0 Å². The molecule has 1 heterocycles. The van der Waals surface area contributed by atoms with Gasteiger partial charge in [0.05, 0.1) is 6.07 Å². The number of para-hydroxylation sites is 1. The maximum atomic E-state index is 9.90. The zero-order valence-electron chi connectivity index (χ0n) is 16.0. The van der Waals surface area contributed by atoms with E-state index in [2.05, 4.69) is 58.8 Å². The molecule has 1 aliphatic heterocycles. The second-order valence-electron chi connectivity index (χ2n) is 8.09. The van der Waals surface area contributed by atoms with Crippen molar-refractivity contribution in [1.82, 2.24) is 4.90 Å². The topological polar surface area (TPSA) is 39.1 Å². The van der Waals surface area contributed by atoms with Crippen molar-refractivity contribution < 1.29 is 0 Å². The fourth-order valence-electron chi connectivity index (χ4n) is 4.94. The van der Waals surface area contributed by atoms with Gasteiger partial charge < -0.3 is 5.32 Å². The molecule has 27 heavy (non-hydrogen) atoms. The van der Waals surface area contributed by atoms with Gasteiger partial charge in [0.25, 0.3) is 0 Å². The lowest BCUT2D eigenvalue weighted by Gasteiger charge is -2.46. The third kappa shape index (κ3) is 4.01. The molecule has 0 spiro atoms. The molecule has 2 aliphatic rings. The smallest absolute Gasteiger partial charge is 0.127 e. The fraction of sp³-hybridized carbons (Fsp3) is 0.458. The number of piperidine rings is 1. The summed E-state index contributed by atoms with van der Waals surface area (Å²) in [6.45, 7) is 2.00. The van der Waals surface area contributed by atoms with Gasteiger partial charge in [0.2, 0.25) is 0 Å². The minimum absolute atomic E-state index is 0.436. The van der Waals surface area contributed by atoms with Crippen LogP contribution in [0, 0.1) is 11.3 Å². The van der Waals surface area contributed by atoms with Crippen LogP contribution in [0.25, 0.3) is 0 Å². The Bertz CT molecular complexity index is 757. The van der Waals surface area contributed by atoms with Crippen molar-refractivity contribution in [1.29, 1.82) is 5.26 Å². The van der Waals surface area contributed by atoms with E-state index in [-0.39, 0.29) is 0 Å². The van der Waals surface area contributed by atoms with Crippen molar-refractivity contribution in [3.8, 4) is 6.07 Å². The molecule has 0 bridgehead atoms. The second kappa shape index (κ2) is 8.15. The van der Waals surface area contributed by atoms with E-state index < -0.39 is 5.54 Å². The molecule has 2 atom stereocenters. The van der Waals surface area contributed by atoms with E-state index in [9.17, 15) is 5.26 Å². The van der Waals surface area contributed by atoms with Crippen molar-refractivity contribution >= 4 is 5.69 Å². The first-order valence-electron chi connectivity index (χ1n) is 10.3. The molecule has 140 valence electrons. The molecule has 0 amide bonds. The van der Waals surface area contributed by atoms with E-state index in [0.717, 1.165) is 31.6 Å². The minimum atomic E-state index is -0.436. The van der Waals surface area contributed by atoms with Crippen LogP contribution in [-0.4, -0.2) is 29.6 Å². The van der Waals surface area contributed by atoms with Gasteiger partial charge in [0, 0.05) is 24.8 Å². The van der Waals surface area contributed by atoms with E-state index in [1.807, 2.05) is 18.2 Å². The number of hydrogen-bond donors (Lipinski definition) is 1. The normalized spacial score (nSPS) is 25.4. The molecule has 1 saturated carbocycles. The third-order valence-electron chi connectivity index (χ3n) is 6.45. The van der Waals surface area contributed by atoms with Gasteiger partial charge in [-0.05, 0) is 49.3 Å². The molecule has 2 aromatic rings. The molecule has 1 saturated heterocycles. The molecule has 1 N–H and O–H groups in total. The summed E-state index contributed by atoms with van der Waals surface area (Å²) in [5.41, 5.74) is 2.10.